The summed E-state index contributed by atoms with van der Waals surface area (Å²) in [6, 6.07) is 0. The average Bonchev–Trinajstić information content (AvgIpc) is 2.30. The van der Waals surface area contributed by atoms with Gasteiger partial charge in [-0.3, -0.25) is 4.79 Å². The lowest BCUT2D eigenvalue weighted by atomic mass is 9.79. The first kappa shape index (κ1) is 15.2. The average molecular weight is 225 g/mol. The van der Waals surface area contributed by atoms with E-state index in [1.165, 1.54) is 6.08 Å². The first-order chi connectivity index (χ1) is 7.56. The molecule has 2 unspecified atom stereocenters. The Kier molecular flexibility index (Phi) is 7.11. The smallest absolute Gasteiger partial charge is 0.245 e. The van der Waals surface area contributed by atoms with E-state index in [1.807, 2.05) is 18.7 Å². The third-order valence-corrected chi connectivity index (χ3v) is 3.31. The van der Waals surface area contributed by atoms with Crippen molar-refractivity contribution in [3.05, 3.63) is 12.7 Å². The van der Waals surface area contributed by atoms with Crippen LogP contribution in [-0.2, 0) is 4.79 Å². The molecule has 16 heavy (non-hydrogen) atoms. The normalized spacial score (nSPS) is 24.8. The molecule has 1 saturated heterocycles. The Bertz CT molecular complexity index is 223. The monoisotopic (exact) mass is 225 g/mol. The minimum atomic E-state index is 0.0825. The van der Waals surface area contributed by atoms with Gasteiger partial charge in [0.2, 0.25) is 5.91 Å². The highest BCUT2D eigenvalue weighted by Crippen LogP contribution is 2.29. The summed E-state index contributed by atoms with van der Waals surface area (Å²) in [6.45, 7) is 16.1. The maximum atomic E-state index is 11.4. The summed E-state index contributed by atoms with van der Waals surface area (Å²) in [5.41, 5.74) is 0. The lowest BCUT2D eigenvalue weighted by Crippen LogP contribution is -2.43. The molecule has 0 saturated carbocycles. The molecule has 1 aliphatic rings. The third kappa shape index (κ3) is 3.99. The molecule has 2 atom stereocenters. The molecule has 1 rings (SSSR count). The number of hydrogen-bond donors (Lipinski definition) is 0. The minimum absolute atomic E-state index is 0.0825. The van der Waals surface area contributed by atoms with E-state index in [4.69, 9.17) is 0 Å². The van der Waals surface area contributed by atoms with Crippen LogP contribution < -0.4 is 0 Å². The van der Waals surface area contributed by atoms with Crippen molar-refractivity contribution in [2.75, 3.05) is 13.1 Å². The number of carbonyl (C=O) groups is 1. The maximum Gasteiger partial charge on any atom is 0.245 e. The summed E-state index contributed by atoms with van der Waals surface area (Å²) in [5.74, 6) is 2.20. The van der Waals surface area contributed by atoms with Crippen LogP contribution in [0, 0.1) is 17.8 Å². The van der Waals surface area contributed by atoms with Gasteiger partial charge in [0, 0.05) is 13.1 Å². The maximum absolute atomic E-state index is 11.4. The van der Waals surface area contributed by atoms with Crippen molar-refractivity contribution in [1.82, 2.24) is 4.90 Å². The quantitative estimate of drug-likeness (QED) is 0.660. The van der Waals surface area contributed by atoms with Gasteiger partial charge >= 0.3 is 0 Å². The Hall–Kier alpha value is -0.790. The molecule has 0 bridgehead atoms. The molecule has 0 aliphatic carbocycles. The largest absolute Gasteiger partial charge is 0.339 e. The van der Waals surface area contributed by atoms with Gasteiger partial charge in [-0.25, -0.2) is 0 Å². The summed E-state index contributed by atoms with van der Waals surface area (Å²) < 4.78 is 0. The molecule has 1 fully saturated rings. The highest BCUT2D eigenvalue weighted by atomic mass is 16.2. The number of rotatable bonds is 2. The molecule has 94 valence electrons. The molecule has 0 N–H and O–H groups in total. The highest BCUT2D eigenvalue weighted by molar-refractivity contribution is 5.87. The SMILES string of the molecule is C=CC(=O)N1CCC(C(C)C)C(C)C1.CC. The molecule has 0 aromatic rings. The van der Waals surface area contributed by atoms with Gasteiger partial charge < -0.3 is 4.90 Å². The Labute approximate surface area is 101 Å². The summed E-state index contributed by atoms with van der Waals surface area (Å²) >= 11 is 0. The van der Waals surface area contributed by atoms with E-state index in [9.17, 15) is 4.79 Å². The molecule has 1 aliphatic heterocycles. The fourth-order valence-electron chi connectivity index (χ4n) is 2.48. The number of carbonyl (C=O) groups excluding carboxylic acids is 1. The van der Waals surface area contributed by atoms with Crippen molar-refractivity contribution in [1.29, 1.82) is 0 Å². The second kappa shape index (κ2) is 7.48. The second-order valence-corrected chi connectivity index (χ2v) is 4.66. The van der Waals surface area contributed by atoms with E-state index in [1.54, 1.807) is 0 Å². The van der Waals surface area contributed by atoms with Gasteiger partial charge in [-0.15, -0.1) is 0 Å². The van der Waals surface area contributed by atoms with Crippen LogP contribution >= 0.6 is 0 Å². The molecule has 0 radical (unpaired) electrons. The van der Waals surface area contributed by atoms with Crippen LogP contribution in [0.2, 0.25) is 0 Å². The Morgan fingerprint density at radius 1 is 1.44 bits per heavy atom. The topological polar surface area (TPSA) is 20.3 Å². The van der Waals surface area contributed by atoms with Crippen LogP contribution in [0.1, 0.15) is 41.0 Å². The fourth-order valence-corrected chi connectivity index (χ4v) is 2.48. The zero-order chi connectivity index (χ0) is 12.7. The van der Waals surface area contributed by atoms with Gasteiger partial charge in [0.25, 0.3) is 0 Å². The number of hydrogen-bond acceptors (Lipinski definition) is 1. The van der Waals surface area contributed by atoms with Crippen LogP contribution in [0.3, 0.4) is 0 Å². The zero-order valence-corrected chi connectivity index (χ0v) is 11.5. The van der Waals surface area contributed by atoms with Gasteiger partial charge in [0.05, 0.1) is 0 Å². The predicted molar refractivity (Wildman–Crippen MR) is 70.2 cm³/mol. The summed E-state index contributed by atoms with van der Waals surface area (Å²) in [6.07, 6.45) is 2.56. The van der Waals surface area contributed by atoms with E-state index < -0.39 is 0 Å². The molecule has 1 heterocycles. The van der Waals surface area contributed by atoms with E-state index in [-0.39, 0.29) is 5.91 Å². The van der Waals surface area contributed by atoms with Crippen LogP contribution in [0.25, 0.3) is 0 Å². The van der Waals surface area contributed by atoms with Crippen molar-refractivity contribution in [3.8, 4) is 0 Å². The van der Waals surface area contributed by atoms with Gasteiger partial charge in [-0.2, -0.15) is 0 Å². The fraction of sp³-hybridized carbons (Fsp3) is 0.786. The highest BCUT2D eigenvalue weighted by Gasteiger charge is 2.29. The van der Waals surface area contributed by atoms with Gasteiger partial charge in [-0.1, -0.05) is 41.2 Å². The van der Waals surface area contributed by atoms with Crippen molar-refractivity contribution < 1.29 is 4.79 Å². The molecule has 0 aromatic carbocycles. The number of amides is 1. The Morgan fingerprint density at radius 3 is 2.38 bits per heavy atom. The van der Waals surface area contributed by atoms with Gasteiger partial charge in [0.15, 0.2) is 0 Å². The number of piperidine rings is 1. The van der Waals surface area contributed by atoms with Crippen LogP contribution in [-0.4, -0.2) is 23.9 Å². The second-order valence-electron chi connectivity index (χ2n) is 4.66. The molecule has 2 nitrogen and oxygen atoms in total. The molecule has 2 heteroatoms. The Morgan fingerprint density at radius 2 is 2.00 bits per heavy atom. The predicted octanol–water partition coefficient (Wildman–Crippen LogP) is 3.34. The first-order valence-corrected chi connectivity index (χ1v) is 6.47. The molecule has 0 spiro atoms. The number of nitrogens with zero attached hydrogens (tertiary/aromatic N) is 1. The van der Waals surface area contributed by atoms with Gasteiger partial charge in [-0.05, 0) is 30.3 Å². The molecule has 0 aromatic heterocycles. The van der Waals surface area contributed by atoms with E-state index >= 15 is 0 Å². The van der Waals surface area contributed by atoms with Crippen LogP contribution in [0.15, 0.2) is 12.7 Å². The molecule has 1 amide bonds. The third-order valence-electron chi connectivity index (χ3n) is 3.31. The Balaban J connectivity index is 0.00000106. The van der Waals surface area contributed by atoms with Crippen molar-refractivity contribution in [2.45, 2.75) is 41.0 Å². The lowest BCUT2D eigenvalue weighted by Gasteiger charge is -2.38. The van der Waals surface area contributed by atoms with E-state index in [0.29, 0.717) is 5.92 Å². The van der Waals surface area contributed by atoms with E-state index in [0.717, 1.165) is 31.3 Å². The zero-order valence-electron chi connectivity index (χ0n) is 11.5. The summed E-state index contributed by atoms with van der Waals surface area (Å²) in [7, 11) is 0. The molecular formula is C14H27NO. The van der Waals surface area contributed by atoms with E-state index in [2.05, 4.69) is 27.4 Å². The summed E-state index contributed by atoms with van der Waals surface area (Å²) in [5, 5.41) is 0. The molecular weight excluding hydrogens is 198 g/mol. The minimum Gasteiger partial charge on any atom is -0.339 e. The van der Waals surface area contributed by atoms with Crippen LogP contribution in [0.5, 0.6) is 0 Å². The lowest BCUT2D eigenvalue weighted by molar-refractivity contribution is -0.128. The van der Waals surface area contributed by atoms with Crippen molar-refractivity contribution >= 4 is 5.91 Å². The first-order valence-electron chi connectivity index (χ1n) is 6.47. The van der Waals surface area contributed by atoms with Gasteiger partial charge in [0.1, 0.15) is 0 Å². The van der Waals surface area contributed by atoms with Crippen LogP contribution in [0.4, 0.5) is 0 Å². The summed E-state index contributed by atoms with van der Waals surface area (Å²) in [4.78, 5) is 13.3. The van der Waals surface area contributed by atoms with Crippen molar-refractivity contribution in [2.24, 2.45) is 17.8 Å². The number of likely N-dealkylation sites (tertiary alicyclic amines) is 1. The van der Waals surface area contributed by atoms with Crippen molar-refractivity contribution in [3.63, 3.8) is 0 Å². The standard InChI is InChI=1S/C12H21NO.C2H6/c1-5-12(14)13-7-6-11(9(2)3)10(4)8-13;1-2/h5,9-11H,1,6-8H2,2-4H3;1-2H3.